The van der Waals surface area contributed by atoms with Crippen LogP contribution in [0.25, 0.3) is 16.5 Å². The summed E-state index contributed by atoms with van der Waals surface area (Å²) < 4.78 is 1.14. The molecule has 1 aromatic carbocycles. The van der Waals surface area contributed by atoms with E-state index in [2.05, 4.69) is 63.2 Å². The smallest absolute Gasteiger partial charge is 0.0461 e. The highest BCUT2D eigenvalue weighted by atomic mass is 79.9. The van der Waals surface area contributed by atoms with Crippen LogP contribution in [-0.2, 0) is 0 Å². The zero-order chi connectivity index (χ0) is 12.5. The third-order valence-corrected chi connectivity index (χ3v) is 4.22. The van der Waals surface area contributed by atoms with Crippen LogP contribution >= 0.6 is 15.9 Å². The molecule has 0 bridgehead atoms. The van der Waals surface area contributed by atoms with Crippen LogP contribution in [0.15, 0.2) is 34.9 Å². The van der Waals surface area contributed by atoms with E-state index >= 15 is 0 Å². The third-order valence-electron chi connectivity index (χ3n) is 3.73. The molecule has 3 heteroatoms. The molecule has 1 N–H and O–H groups in total. The number of aromatic nitrogens is 1. The Morgan fingerprint density at radius 1 is 1.39 bits per heavy atom. The van der Waals surface area contributed by atoms with Crippen LogP contribution in [0.3, 0.4) is 0 Å². The molecular weight excluding hydrogens is 288 g/mol. The topological polar surface area (TPSA) is 19.0 Å². The number of H-pyrrole nitrogens is 1. The van der Waals surface area contributed by atoms with Gasteiger partial charge in [0.15, 0.2) is 0 Å². The van der Waals surface area contributed by atoms with Crippen LogP contribution in [-0.4, -0.2) is 29.5 Å². The first-order chi connectivity index (χ1) is 8.78. The van der Waals surface area contributed by atoms with Crippen molar-refractivity contribution in [1.82, 2.24) is 9.88 Å². The Balaban J connectivity index is 2.00. The van der Waals surface area contributed by atoms with Gasteiger partial charge in [-0.15, -0.1) is 0 Å². The largest absolute Gasteiger partial charge is 0.361 e. The van der Waals surface area contributed by atoms with E-state index in [1.165, 1.54) is 28.6 Å². The molecule has 0 saturated heterocycles. The summed E-state index contributed by atoms with van der Waals surface area (Å²) in [5.74, 6) is 0. The lowest BCUT2D eigenvalue weighted by atomic mass is 9.99. The Morgan fingerprint density at radius 2 is 2.28 bits per heavy atom. The van der Waals surface area contributed by atoms with Gasteiger partial charge >= 0.3 is 0 Å². The molecule has 2 aromatic rings. The maximum atomic E-state index is 3.55. The first-order valence-electron chi connectivity index (χ1n) is 6.46. The maximum Gasteiger partial charge on any atom is 0.0461 e. The van der Waals surface area contributed by atoms with Crippen molar-refractivity contribution in [3.8, 4) is 0 Å². The summed E-state index contributed by atoms with van der Waals surface area (Å²) in [6.07, 6.45) is 5.66. The summed E-state index contributed by atoms with van der Waals surface area (Å²) >= 11 is 3.55. The van der Waals surface area contributed by atoms with E-state index in [4.69, 9.17) is 0 Å². The van der Waals surface area contributed by atoms with Crippen molar-refractivity contribution < 1.29 is 0 Å². The van der Waals surface area contributed by atoms with Crippen molar-refractivity contribution in [1.29, 1.82) is 0 Å². The summed E-state index contributed by atoms with van der Waals surface area (Å²) in [4.78, 5) is 5.83. The molecule has 2 nitrogen and oxygen atoms in total. The van der Waals surface area contributed by atoms with Gasteiger partial charge < -0.3 is 4.98 Å². The van der Waals surface area contributed by atoms with E-state index in [0.29, 0.717) is 0 Å². The fourth-order valence-corrected chi connectivity index (χ4v) is 2.96. The molecule has 1 aliphatic rings. The molecular formula is C15H17BrN2. The molecule has 0 fully saturated rings. The Hall–Kier alpha value is -1.06. The second-order valence-corrected chi connectivity index (χ2v) is 5.68. The molecule has 0 atom stereocenters. The van der Waals surface area contributed by atoms with Crippen molar-refractivity contribution in [3.05, 3.63) is 40.5 Å². The minimum atomic E-state index is 1.08. The van der Waals surface area contributed by atoms with Crippen molar-refractivity contribution in [2.75, 3.05) is 19.6 Å². The fraction of sp³-hybridized carbons (Fsp3) is 0.333. The van der Waals surface area contributed by atoms with Crippen molar-refractivity contribution >= 4 is 32.4 Å². The number of halogens is 1. The zero-order valence-corrected chi connectivity index (χ0v) is 12.1. The lowest BCUT2D eigenvalue weighted by Gasteiger charge is -2.24. The number of nitrogens with one attached hydrogen (secondary N) is 1. The highest BCUT2D eigenvalue weighted by molar-refractivity contribution is 9.10. The second-order valence-electron chi connectivity index (χ2n) is 4.76. The van der Waals surface area contributed by atoms with Crippen molar-refractivity contribution in [3.63, 3.8) is 0 Å². The van der Waals surface area contributed by atoms with Crippen molar-refractivity contribution in [2.45, 2.75) is 13.3 Å². The van der Waals surface area contributed by atoms with Gasteiger partial charge in [0.1, 0.15) is 0 Å². The van der Waals surface area contributed by atoms with E-state index in [0.717, 1.165) is 24.0 Å². The predicted molar refractivity (Wildman–Crippen MR) is 80.7 cm³/mol. The normalized spacial score (nSPS) is 17.1. The van der Waals surface area contributed by atoms with Gasteiger partial charge in [0.05, 0.1) is 0 Å². The van der Waals surface area contributed by atoms with Crippen LogP contribution in [0, 0.1) is 0 Å². The standard InChI is InChI=1S/C15H17BrN2/c1-2-18-7-5-11(6-8-18)14-10-17-15-4-3-12(16)9-13(14)15/h3-5,9-10,17H,2,6-8H2,1H3. The fourth-order valence-electron chi connectivity index (χ4n) is 2.60. The number of rotatable bonds is 2. The van der Waals surface area contributed by atoms with E-state index in [1.807, 2.05) is 0 Å². The molecule has 0 unspecified atom stereocenters. The minimum absolute atomic E-state index is 1.08. The Morgan fingerprint density at radius 3 is 3.00 bits per heavy atom. The Kier molecular flexibility index (Phi) is 3.27. The Labute approximate surface area is 116 Å². The lowest BCUT2D eigenvalue weighted by Crippen LogP contribution is -2.27. The SMILES string of the molecule is CCN1CC=C(c2c[nH]c3ccc(Br)cc23)CC1. The molecule has 0 radical (unpaired) electrons. The number of fused-ring (bicyclic) bond motifs is 1. The summed E-state index contributed by atoms with van der Waals surface area (Å²) in [6.45, 7) is 5.61. The number of hydrogen-bond donors (Lipinski definition) is 1. The van der Waals surface area contributed by atoms with E-state index in [-0.39, 0.29) is 0 Å². The van der Waals surface area contributed by atoms with E-state index in [9.17, 15) is 0 Å². The first-order valence-corrected chi connectivity index (χ1v) is 7.25. The molecule has 0 aliphatic carbocycles. The number of likely N-dealkylation sites (N-methyl/N-ethyl adjacent to an activating group) is 1. The number of nitrogens with zero attached hydrogens (tertiary/aromatic N) is 1. The zero-order valence-electron chi connectivity index (χ0n) is 10.5. The number of aromatic amines is 1. The van der Waals surface area contributed by atoms with Gasteiger partial charge in [-0.05, 0) is 36.7 Å². The first kappa shape index (κ1) is 12.0. The molecule has 0 saturated carbocycles. The summed E-state index contributed by atoms with van der Waals surface area (Å²) in [6, 6.07) is 6.41. The molecule has 2 heterocycles. The third kappa shape index (κ3) is 2.13. The van der Waals surface area contributed by atoms with Crippen LogP contribution in [0.1, 0.15) is 18.9 Å². The van der Waals surface area contributed by atoms with Gasteiger partial charge in [0.25, 0.3) is 0 Å². The lowest BCUT2D eigenvalue weighted by molar-refractivity contribution is 0.319. The second kappa shape index (κ2) is 4.90. The van der Waals surface area contributed by atoms with Gasteiger partial charge in [-0.25, -0.2) is 0 Å². The van der Waals surface area contributed by atoms with Crippen LogP contribution in [0.5, 0.6) is 0 Å². The van der Waals surface area contributed by atoms with Gasteiger partial charge in [-0.1, -0.05) is 28.9 Å². The molecule has 1 aromatic heterocycles. The van der Waals surface area contributed by atoms with Gasteiger partial charge in [0.2, 0.25) is 0 Å². The molecule has 3 rings (SSSR count). The predicted octanol–water partition coefficient (Wildman–Crippen LogP) is 4.04. The molecule has 1 aliphatic heterocycles. The van der Waals surface area contributed by atoms with E-state index < -0.39 is 0 Å². The highest BCUT2D eigenvalue weighted by Gasteiger charge is 2.14. The van der Waals surface area contributed by atoms with Gasteiger partial charge in [-0.2, -0.15) is 0 Å². The van der Waals surface area contributed by atoms with Crippen LogP contribution < -0.4 is 0 Å². The molecule has 0 amide bonds. The Bertz CT molecular complexity index is 598. The van der Waals surface area contributed by atoms with Crippen LogP contribution in [0.2, 0.25) is 0 Å². The molecule has 94 valence electrons. The van der Waals surface area contributed by atoms with Gasteiger partial charge in [-0.3, -0.25) is 4.90 Å². The monoisotopic (exact) mass is 304 g/mol. The molecule has 0 spiro atoms. The van der Waals surface area contributed by atoms with E-state index in [1.54, 1.807) is 0 Å². The number of hydrogen-bond acceptors (Lipinski definition) is 1. The van der Waals surface area contributed by atoms with Crippen molar-refractivity contribution in [2.24, 2.45) is 0 Å². The summed E-state index contributed by atoms with van der Waals surface area (Å²) in [7, 11) is 0. The quantitative estimate of drug-likeness (QED) is 0.887. The summed E-state index contributed by atoms with van der Waals surface area (Å²) in [5, 5.41) is 1.32. The highest BCUT2D eigenvalue weighted by Crippen LogP contribution is 2.30. The summed E-state index contributed by atoms with van der Waals surface area (Å²) in [5.41, 5.74) is 4.05. The average molecular weight is 305 g/mol. The molecule has 18 heavy (non-hydrogen) atoms. The maximum absolute atomic E-state index is 3.55. The van der Waals surface area contributed by atoms with Crippen LogP contribution in [0.4, 0.5) is 0 Å². The van der Waals surface area contributed by atoms with Gasteiger partial charge in [0, 0.05) is 40.2 Å². The number of benzene rings is 1. The average Bonchev–Trinajstić information content (AvgIpc) is 2.82. The minimum Gasteiger partial charge on any atom is -0.361 e.